The average molecular weight is 261 g/mol. The van der Waals surface area contributed by atoms with Gasteiger partial charge in [0.1, 0.15) is 0 Å². The molecule has 2 heterocycles. The van der Waals surface area contributed by atoms with Crippen LogP contribution in [0.5, 0.6) is 0 Å². The van der Waals surface area contributed by atoms with Crippen molar-refractivity contribution in [2.45, 2.75) is 44.8 Å². The summed E-state index contributed by atoms with van der Waals surface area (Å²) in [6, 6.07) is 0. The van der Waals surface area contributed by atoms with Crippen LogP contribution in [0.2, 0.25) is 0 Å². The number of nitrogens with one attached hydrogen (secondary N) is 1. The van der Waals surface area contributed by atoms with Crippen LogP contribution in [0, 0.1) is 19.3 Å². The molecule has 1 N–H and O–H groups in total. The number of amides is 1. The number of nitrogens with zero attached hydrogens (tertiary/aromatic N) is 4. The average Bonchev–Trinajstić information content (AvgIpc) is 3.06. The van der Waals surface area contributed by atoms with Gasteiger partial charge in [-0.3, -0.25) is 4.79 Å². The second-order valence-corrected chi connectivity index (χ2v) is 4.39. The Morgan fingerprint density at radius 3 is 2.84 bits per heavy atom. The van der Waals surface area contributed by atoms with Crippen LogP contribution in [0.25, 0.3) is 0 Å². The third-order valence-electron chi connectivity index (χ3n) is 2.82. The van der Waals surface area contributed by atoms with Gasteiger partial charge in [0.2, 0.25) is 11.8 Å². The van der Waals surface area contributed by atoms with Crippen LogP contribution in [0.15, 0.2) is 14.8 Å². The van der Waals surface area contributed by atoms with Gasteiger partial charge in [-0.2, -0.15) is 15.2 Å². The maximum absolute atomic E-state index is 11.7. The fourth-order valence-electron chi connectivity index (χ4n) is 1.66. The Morgan fingerprint density at radius 2 is 2.26 bits per heavy atom. The van der Waals surface area contributed by atoms with Gasteiger partial charge in [-0.05, 0) is 0 Å². The molecule has 0 fully saturated rings. The number of carbonyl (C=O) groups is 1. The zero-order chi connectivity index (χ0) is 13.7. The van der Waals surface area contributed by atoms with Gasteiger partial charge < -0.3 is 9.84 Å². The maximum atomic E-state index is 11.7. The Morgan fingerprint density at radius 1 is 1.47 bits per heavy atom. The minimum absolute atomic E-state index is 0.0835. The van der Waals surface area contributed by atoms with E-state index in [1.54, 1.807) is 6.92 Å². The lowest BCUT2D eigenvalue weighted by Gasteiger charge is -2.08. The highest BCUT2D eigenvalue weighted by Crippen LogP contribution is 2.37. The number of aromatic nitrogens is 2. The minimum atomic E-state index is -0.410. The molecule has 19 heavy (non-hydrogen) atoms. The van der Waals surface area contributed by atoms with E-state index in [0.717, 1.165) is 0 Å². The highest BCUT2D eigenvalue weighted by atomic mass is 16.5. The SMILES string of the molecule is C#CCCC1(CCC(=O)NCc2noc(C)n2)N=N1. The molecule has 7 heteroatoms. The molecule has 1 aromatic heterocycles. The predicted octanol–water partition coefficient (Wildman–Crippen LogP) is 1.35. The molecule has 0 aliphatic carbocycles. The van der Waals surface area contributed by atoms with Crippen molar-refractivity contribution in [3.63, 3.8) is 0 Å². The van der Waals surface area contributed by atoms with Gasteiger partial charge in [-0.15, -0.1) is 12.3 Å². The molecule has 7 nitrogen and oxygen atoms in total. The van der Waals surface area contributed by atoms with Crippen LogP contribution in [0.4, 0.5) is 0 Å². The van der Waals surface area contributed by atoms with Crippen molar-refractivity contribution in [1.29, 1.82) is 0 Å². The maximum Gasteiger partial charge on any atom is 0.223 e. The summed E-state index contributed by atoms with van der Waals surface area (Å²) < 4.78 is 4.80. The van der Waals surface area contributed by atoms with Crippen LogP contribution >= 0.6 is 0 Å². The molecule has 0 saturated heterocycles. The number of aryl methyl sites for hydroxylation is 1. The summed E-state index contributed by atoms with van der Waals surface area (Å²) in [5.74, 6) is 3.42. The van der Waals surface area contributed by atoms with E-state index in [9.17, 15) is 4.79 Å². The molecular weight excluding hydrogens is 246 g/mol. The van der Waals surface area contributed by atoms with Crippen molar-refractivity contribution in [1.82, 2.24) is 15.5 Å². The Labute approximate surface area is 110 Å². The van der Waals surface area contributed by atoms with Crippen LogP contribution in [0.3, 0.4) is 0 Å². The first-order chi connectivity index (χ1) is 9.13. The van der Waals surface area contributed by atoms with E-state index in [2.05, 4.69) is 31.6 Å². The second-order valence-electron chi connectivity index (χ2n) is 4.39. The highest BCUT2D eigenvalue weighted by Gasteiger charge is 2.39. The number of hydrogen-bond acceptors (Lipinski definition) is 6. The molecule has 1 aromatic rings. The van der Waals surface area contributed by atoms with Gasteiger partial charge >= 0.3 is 0 Å². The van der Waals surface area contributed by atoms with E-state index in [0.29, 0.717) is 37.4 Å². The first-order valence-corrected chi connectivity index (χ1v) is 6.07. The second kappa shape index (κ2) is 5.61. The summed E-state index contributed by atoms with van der Waals surface area (Å²) in [5.41, 5.74) is -0.410. The van der Waals surface area contributed by atoms with Crippen molar-refractivity contribution in [2.75, 3.05) is 0 Å². The van der Waals surface area contributed by atoms with Crippen molar-refractivity contribution >= 4 is 5.91 Å². The summed E-state index contributed by atoms with van der Waals surface area (Å²) in [7, 11) is 0. The number of carbonyl (C=O) groups excluding carboxylic acids is 1. The van der Waals surface area contributed by atoms with E-state index in [1.165, 1.54) is 0 Å². The molecule has 0 spiro atoms. The Bertz CT molecular complexity index is 522. The van der Waals surface area contributed by atoms with Crippen LogP contribution in [-0.4, -0.2) is 21.7 Å². The Hall–Kier alpha value is -2.23. The Kier molecular flexibility index (Phi) is 3.90. The minimum Gasteiger partial charge on any atom is -0.349 e. The van der Waals surface area contributed by atoms with Crippen molar-refractivity contribution in [2.24, 2.45) is 10.2 Å². The predicted molar refractivity (Wildman–Crippen MR) is 65.8 cm³/mol. The highest BCUT2D eigenvalue weighted by molar-refractivity contribution is 5.75. The zero-order valence-corrected chi connectivity index (χ0v) is 10.7. The molecule has 100 valence electrons. The molecule has 0 saturated carbocycles. The third kappa shape index (κ3) is 3.88. The van der Waals surface area contributed by atoms with Gasteiger partial charge in [0.05, 0.1) is 6.54 Å². The number of rotatable bonds is 7. The zero-order valence-electron chi connectivity index (χ0n) is 10.7. The van der Waals surface area contributed by atoms with Crippen molar-refractivity contribution < 1.29 is 9.32 Å². The van der Waals surface area contributed by atoms with E-state index in [1.807, 2.05) is 0 Å². The number of terminal acetylenes is 1. The summed E-state index contributed by atoms with van der Waals surface area (Å²) >= 11 is 0. The Balaban J connectivity index is 1.66. The van der Waals surface area contributed by atoms with Crippen molar-refractivity contribution in [3.05, 3.63) is 11.7 Å². The summed E-state index contributed by atoms with van der Waals surface area (Å²) in [6.07, 6.45) is 7.47. The lowest BCUT2D eigenvalue weighted by atomic mass is 10.0. The van der Waals surface area contributed by atoms with E-state index >= 15 is 0 Å². The van der Waals surface area contributed by atoms with E-state index < -0.39 is 5.66 Å². The fraction of sp³-hybridized carbons (Fsp3) is 0.583. The topological polar surface area (TPSA) is 92.7 Å². The normalized spacial score (nSPS) is 14.9. The molecule has 2 rings (SSSR count). The van der Waals surface area contributed by atoms with Crippen LogP contribution in [-0.2, 0) is 11.3 Å². The van der Waals surface area contributed by atoms with E-state index in [4.69, 9.17) is 10.9 Å². The summed E-state index contributed by atoms with van der Waals surface area (Å²) in [4.78, 5) is 15.6. The molecule has 0 aromatic carbocycles. The molecule has 1 amide bonds. The lowest BCUT2D eigenvalue weighted by Crippen LogP contribution is -2.25. The van der Waals surface area contributed by atoms with Crippen LogP contribution < -0.4 is 5.32 Å². The summed E-state index contributed by atoms with van der Waals surface area (Å²) in [5, 5.41) is 14.4. The molecule has 0 bridgehead atoms. The first kappa shape index (κ1) is 13.2. The molecule has 0 radical (unpaired) electrons. The lowest BCUT2D eigenvalue weighted by molar-refractivity contribution is -0.121. The molecule has 0 unspecified atom stereocenters. The van der Waals surface area contributed by atoms with Crippen LogP contribution in [0.1, 0.15) is 37.4 Å². The van der Waals surface area contributed by atoms with Gasteiger partial charge in [0, 0.05) is 32.6 Å². The summed E-state index contributed by atoms with van der Waals surface area (Å²) in [6.45, 7) is 1.96. The standard InChI is InChI=1S/C12H15N5O2/c1-3-4-6-12(16-17-12)7-5-11(18)13-8-10-14-9(2)19-15-10/h1H,4-8H2,2H3,(H,13,18). The quantitative estimate of drug-likeness (QED) is 0.750. The fourth-order valence-corrected chi connectivity index (χ4v) is 1.66. The molecule has 1 aliphatic heterocycles. The largest absolute Gasteiger partial charge is 0.349 e. The number of hydrogen-bond donors (Lipinski definition) is 1. The van der Waals surface area contributed by atoms with Gasteiger partial charge in [0.25, 0.3) is 0 Å². The smallest absolute Gasteiger partial charge is 0.223 e. The van der Waals surface area contributed by atoms with Crippen molar-refractivity contribution in [3.8, 4) is 12.3 Å². The molecule has 1 aliphatic rings. The third-order valence-corrected chi connectivity index (χ3v) is 2.82. The monoisotopic (exact) mass is 261 g/mol. The van der Waals surface area contributed by atoms with Gasteiger partial charge in [0.15, 0.2) is 11.5 Å². The first-order valence-electron chi connectivity index (χ1n) is 6.07. The van der Waals surface area contributed by atoms with Gasteiger partial charge in [-0.1, -0.05) is 5.16 Å². The van der Waals surface area contributed by atoms with E-state index in [-0.39, 0.29) is 12.5 Å². The van der Waals surface area contributed by atoms with Gasteiger partial charge in [-0.25, -0.2) is 0 Å². The molecule has 0 atom stereocenters. The molecular formula is C12H15N5O2.